The number of nitriles is 1. The minimum Gasteiger partial charge on any atom is -0.192 e. The lowest BCUT2D eigenvalue weighted by molar-refractivity contribution is -0.597. The third kappa shape index (κ3) is 2.83. The zero-order valence-corrected chi connectivity index (χ0v) is 11.1. The molecular formula is C14H11IN+. The van der Waals surface area contributed by atoms with Crippen LogP contribution in [-0.2, 0) is 0 Å². The number of hydrogen-bond donors (Lipinski definition) is 0. The fourth-order valence-electron chi connectivity index (χ4n) is 1.41. The smallest absolute Gasteiger partial charge is 0.192 e. The average Bonchev–Trinajstić information content (AvgIpc) is 2.29. The zero-order chi connectivity index (χ0) is 11.4. The molecule has 2 heteroatoms. The van der Waals surface area contributed by atoms with E-state index in [0.29, 0.717) is 0 Å². The van der Waals surface area contributed by atoms with Gasteiger partial charge in [0.25, 0.3) is 0 Å². The largest absolute Gasteiger partial charge is 0.357 e. The van der Waals surface area contributed by atoms with Crippen LogP contribution in [0, 0.1) is 25.4 Å². The van der Waals surface area contributed by atoms with Crippen LogP contribution in [0.1, 0.15) is 11.1 Å². The molecule has 0 saturated carbocycles. The van der Waals surface area contributed by atoms with Gasteiger partial charge in [0.05, 0.1) is 11.6 Å². The maximum absolute atomic E-state index is 8.83. The summed E-state index contributed by atoms with van der Waals surface area (Å²) in [5.74, 6) is 0. The predicted octanol–water partition coefficient (Wildman–Crippen LogP) is -0.00490. The third-order valence-corrected chi connectivity index (χ3v) is 4.74. The second-order valence-electron chi connectivity index (χ2n) is 3.52. The number of benzene rings is 2. The van der Waals surface area contributed by atoms with Crippen LogP contribution >= 0.6 is 0 Å². The van der Waals surface area contributed by atoms with E-state index in [2.05, 4.69) is 43.3 Å². The van der Waals surface area contributed by atoms with E-state index in [1.54, 1.807) is 0 Å². The van der Waals surface area contributed by atoms with Gasteiger partial charge in [-0.1, -0.05) is 18.2 Å². The van der Waals surface area contributed by atoms with E-state index in [1.807, 2.05) is 18.2 Å². The Labute approximate surface area is 106 Å². The van der Waals surface area contributed by atoms with Crippen LogP contribution in [0.5, 0.6) is 0 Å². The van der Waals surface area contributed by atoms with Crippen molar-refractivity contribution in [2.45, 2.75) is 6.92 Å². The van der Waals surface area contributed by atoms with Gasteiger partial charge < -0.3 is 0 Å². The first-order valence-electron chi connectivity index (χ1n) is 4.99. The van der Waals surface area contributed by atoms with Gasteiger partial charge in [-0.2, -0.15) is 5.26 Å². The summed E-state index contributed by atoms with van der Waals surface area (Å²) in [6.45, 7) is 2.11. The van der Waals surface area contributed by atoms with Crippen molar-refractivity contribution in [3.05, 3.63) is 66.8 Å². The molecule has 0 N–H and O–H groups in total. The highest BCUT2D eigenvalue weighted by atomic mass is 127. The van der Waals surface area contributed by atoms with Crippen LogP contribution in [0.25, 0.3) is 0 Å². The van der Waals surface area contributed by atoms with E-state index in [9.17, 15) is 0 Å². The Kier molecular flexibility index (Phi) is 3.58. The Morgan fingerprint density at radius 3 is 2.38 bits per heavy atom. The Morgan fingerprint density at radius 1 is 1.00 bits per heavy atom. The maximum Gasteiger partial charge on any atom is 0.357 e. The Morgan fingerprint density at radius 2 is 1.69 bits per heavy atom. The molecule has 0 aromatic heterocycles. The number of aryl methyl sites for hydroxylation is 1. The molecule has 1 nitrogen and oxygen atoms in total. The zero-order valence-electron chi connectivity index (χ0n) is 8.94. The summed E-state index contributed by atoms with van der Waals surface area (Å²) in [7, 11) is 0. The molecule has 0 radical (unpaired) electrons. The fraction of sp³-hybridized carbons (Fsp3) is 0.0714. The molecular weight excluding hydrogens is 309 g/mol. The molecule has 0 aliphatic heterocycles. The summed E-state index contributed by atoms with van der Waals surface area (Å²) < 4.78 is 2.69. The fourth-order valence-corrected chi connectivity index (χ4v) is 4.04. The summed E-state index contributed by atoms with van der Waals surface area (Å²) in [6, 6.07) is 18.7. The topological polar surface area (TPSA) is 23.8 Å². The molecule has 2 aromatic rings. The van der Waals surface area contributed by atoms with Gasteiger partial charge in [-0.15, -0.1) is 0 Å². The lowest BCUT2D eigenvalue weighted by atomic mass is 10.2. The molecule has 0 unspecified atom stereocenters. The van der Waals surface area contributed by atoms with Crippen molar-refractivity contribution < 1.29 is 21.2 Å². The SMILES string of the molecule is Cc1cccc([I+]c2cccc(C#N)c2)c1. The molecule has 78 valence electrons. The third-order valence-electron chi connectivity index (χ3n) is 2.15. The highest BCUT2D eigenvalue weighted by molar-refractivity contribution is 5.27. The molecule has 0 atom stereocenters. The predicted molar refractivity (Wildman–Crippen MR) is 59.7 cm³/mol. The van der Waals surface area contributed by atoms with Crippen LogP contribution in [0.4, 0.5) is 0 Å². The number of rotatable bonds is 2. The van der Waals surface area contributed by atoms with E-state index in [1.165, 1.54) is 12.7 Å². The van der Waals surface area contributed by atoms with Crippen LogP contribution in [0.2, 0.25) is 0 Å². The Balaban J connectivity index is 2.24. The van der Waals surface area contributed by atoms with Gasteiger partial charge >= 0.3 is 21.2 Å². The minimum absolute atomic E-state index is 0.162. The van der Waals surface area contributed by atoms with Crippen molar-refractivity contribution in [1.82, 2.24) is 0 Å². The number of halogens is 1. The monoisotopic (exact) mass is 320 g/mol. The molecule has 0 heterocycles. The van der Waals surface area contributed by atoms with Crippen molar-refractivity contribution in [3.8, 4) is 6.07 Å². The second kappa shape index (κ2) is 5.13. The van der Waals surface area contributed by atoms with E-state index >= 15 is 0 Å². The van der Waals surface area contributed by atoms with E-state index in [-0.39, 0.29) is 21.2 Å². The Hall–Kier alpha value is -1.34. The van der Waals surface area contributed by atoms with Gasteiger partial charge in [-0.05, 0) is 36.8 Å². The van der Waals surface area contributed by atoms with Crippen molar-refractivity contribution >= 4 is 0 Å². The molecule has 0 saturated heterocycles. The second-order valence-corrected chi connectivity index (χ2v) is 6.55. The molecule has 0 bridgehead atoms. The van der Waals surface area contributed by atoms with Crippen LogP contribution in [0.15, 0.2) is 48.5 Å². The van der Waals surface area contributed by atoms with Crippen LogP contribution < -0.4 is 21.2 Å². The van der Waals surface area contributed by atoms with Crippen molar-refractivity contribution in [3.63, 3.8) is 0 Å². The van der Waals surface area contributed by atoms with Gasteiger partial charge in [-0.25, -0.2) is 0 Å². The van der Waals surface area contributed by atoms with Crippen molar-refractivity contribution in [1.29, 1.82) is 5.26 Å². The van der Waals surface area contributed by atoms with Gasteiger partial charge in [-0.3, -0.25) is 0 Å². The molecule has 0 spiro atoms. The number of nitrogens with zero attached hydrogens (tertiary/aromatic N) is 1. The summed E-state index contributed by atoms with van der Waals surface area (Å²) in [5.41, 5.74) is 2.05. The quantitative estimate of drug-likeness (QED) is 0.715. The lowest BCUT2D eigenvalue weighted by Crippen LogP contribution is -3.61. The van der Waals surface area contributed by atoms with Crippen molar-refractivity contribution in [2.75, 3.05) is 0 Å². The molecule has 0 amide bonds. The maximum atomic E-state index is 8.83. The first-order chi connectivity index (χ1) is 7.78. The summed E-state index contributed by atoms with van der Waals surface area (Å²) >= 11 is -0.162. The van der Waals surface area contributed by atoms with E-state index in [4.69, 9.17) is 5.26 Å². The normalized spacial score (nSPS) is 9.75. The van der Waals surface area contributed by atoms with Gasteiger partial charge in [0, 0.05) is 6.07 Å². The number of hydrogen-bond acceptors (Lipinski definition) is 1. The molecule has 0 aliphatic rings. The molecule has 2 aromatic carbocycles. The minimum atomic E-state index is -0.162. The molecule has 16 heavy (non-hydrogen) atoms. The summed E-state index contributed by atoms with van der Waals surface area (Å²) in [6.07, 6.45) is 0. The van der Waals surface area contributed by atoms with E-state index < -0.39 is 0 Å². The van der Waals surface area contributed by atoms with Gasteiger partial charge in [0.2, 0.25) is 0 Å². The van der Waals surface area contributed by atoms with E-state index in [0.717, 1.165) is 5.56 Å². The lowest BCUT2D eigenvalue weighted by Gasteiger charge is -1.90. The standard InChI is InChI=1S/C14H11IN/c1-11-4-2-6-13(8-11)15-14-7-3-5-12(9-14)10-16/h2-9H,1H3/q+1. The average molecular weight is 320 g/mol. The summed E-state index contributed by atoms with van der Waals surface area (Å²) in [5, 5.41) is 8.83. The first kappa shape index (κ1) is 11.2. The van der Waals surface area contributed by atoms with Crippen LogP contribution in [-0.4, -0.2) is 0 Å². The van der Waals surface area contributed by atoms with Gasteiger partial charge in [0.1, 0.15) is 0 Å². The van der Waals surface area contributed by atoms with Gasteiger partial charge in [0.15, 0.2) is 7.14 Å². The highest BCUT2D eigenvalue weighted by Crippen LogP contribution is 1.96. The Bertz CT molecular complexity index is 540. The molecule has 0 fully saturated rings. The molecule has 2 rings (SSSR count). The van der Waals surface area contributed by atoms with Crippen molar-refractivity contribution in [2.24, 2.45) is 0 Å². The highest BCUT2D eigenvalue weighted by Gasteiger charge is 2.15. The van der Waals surface area contributed by atoms with Crippen LogP contribution in [0.3, 0.4) is 0 Å². The molecule has 0 aliphatic carbocycles. The summed E-state index contributed by atoms with van der Waals surface area (Å²) in [4.78, 5) is 0. The first-order valence-corrected chi connectivity index (χ1v) is 7.15.